The number of nitriles is 1. The fraction of sp³-hybridized carbons (Fsp3) is 0.462. The maximum atomic E-state index is 11.8. The fourth-order valence-corrected chi connectivity index (χ4v) is 1.59. The van der Waals surface area contributed by atoms with Gasteiger partial charge in [-0.1, -0.05) is 13.3 Å². The normalized spacial score (nSPS) is 13.5. The highest BCUT2D eigenvalue weighted by Gasteiger charge is 2.18. The number of hydrogen-bond donors (Lipinski definition) is 1. The summed E-state index contributed by atoms with van der Waals surface area (Å²) in [4.78, 5) is 15.7. The standard InChI is InChI=1S/C13H17N3O/c1-3-4-12(9-14)13(17)16-10(2)11-5-7-15-8-6-11/h5-8,10,12H,3-4H2,1-2H3,(H,16,17). The first-order chi connectivity index (χ1) is 8.19. The Hall–Kier alpha value is -1.89. The number of pyridine rings is 1. The minimum absolute atomic E-state index is 0.0989. The lowest BCUT2D eigenvalue weighted by Gasteiger charge is -2.16. The first-order valence-corrected chi connectivity index (χ1v) is 5.79. The number of hydrogen-bond acceptors (Lipinski definition) is 3. The van der Waals surface area contributed by atoms with Crippen molar-refractivity contribution < 1.29 is 4.79 Å². The lowest BCUT2D eigenvalue weighted by Crippen LogP contribution is -2.32. The molecule has 0 aliphatic heterocycles. The second kappa shape index (κ2) is 6.64. The maximum absolute atomic E-state index is 11.8. The van der Waals surface area contributed by atoms with E-state index in [4.69, 9.17) is 5.26 Å². The third kappa shape index (κ3) is 3.87. The molecule has 1 amide bonds. The van der Waals surface area contributed by atoms with Gasteiger partial charge in [-0.3, -0.25) is 9.78 Å². The first kappa shape index (κ1) is 13.2. The molecule has 0 aliphatic carbocycles. The van der Waals surface area contributed by atoms with Crippen LogP contribution in [-0.2, 0) is 4.79 Å². The van der Waals surface area contributed by atoms with Crippen molar-refractivity contribution >= 4 is 5.91 Å². The number of nitrogens with one attached hydrogen (secondary N) is 1. The van der Waals surface area contributed by atoms with Crippen molar-refractivity contribution in [3.05, 3.63) is 30.1 Å². The van der Waals surface area contributed by atoms with Crippen LogP contribution in [0.15, 0.2) is 24.5 Å². The molecule has 0 bridgehead atoms. The van der Waals surface area contributed by atoms with Crippen molar-refractivity contribution in [3.63, 3.8) is 0 Å². The Balaban J connectivity index is 2.60. The molecule has 0 aromatic carbocycles. The van der Waals surface area contributed by atoms with E-state index in [1.54, 1.807) is 12.4 Å². The molecule has 1 heterocycles. The van der Waals surface area contributed by atoms with Crippen molar-refractivity contribution in [2.24, 2.45) is 5.92 Å². The van der Waals surface area contributed by atoms with Gasteiger partial charge in [0.2, 0.25) is 5.91 Å². The lowest BCUT2D eigenvalue weighted by atomic mass is 10.0. The molecular weight excluding hydrogens is 214 g/mol. The van der Waals surface area contributed by atoms with Crippen molar-refractivity contribution in [2.45, 2.75) is 32.7 Å². The highest BCUT2D eigenvalue weighted by Crippen LogP contribution is 2.12. The van der Waals surface area contributed by atoms with Gasteiger partial charge in [-0.05, 0) is 31.0 Å². The average molecular weight is 231 g/mol. The Kier molecular flexibility index (Phi) is 5.15. The Labute approximate surface area is 102 Å². The van der Waals surface area contributed by atoms with Crippen LogP contribution in [0.5, 0.6) is 0 Å². The molecule has 2 atom stereocenters. The van der Waals surface area contributed by atoms with Crippen LogP contribution in [0.3, 0.4) is 0 Å². The molecule has 0 saturated carbocycles. The van der Waals surface area contributed by atoms with Gasteiger partial charge >= 0.3 is 0 Å². The Morgan fingerprint density at radius 1 is 1.53 bits per heavy atom. The number of amides is 1. The predicted molar refractivity (Wildman–Crippen MR) is 64.8 cm³/mol. The zero-order valence-electron chi connectivity index (χ0n) is 10.2. The molecule has 4 nitrogen and oxygen atoms in total. The summed E-state index contributed by atoms with van der Waals surface area (Å²) in [7, 11) is 0. The summed E-state index contributed by atoms with van der Waals surface area (Å²) < 4.78 is 0. The predicted octanol–water partition coefficient (Wildman–Crippen LogP) is 2.20. The van der Waals surface area contributed by atoms with Gasteiger partial charge in [0, 0.05) is 12.4 Å². The fourth-order valence-electron chi connectivity index (χ4n) is 1.59. The second-order valence-corrected chi connectivity index (χ2v) is 3.98. The Bertz CT molecular complexity index is 397. The number of rotatable bonds is 5. The smallest absolute Gasteiger partial charge is 0.237 e. The molecule has 90 valence electrons. The van der Waals surface area contributed by atoms with Gasteiger partial charge in [0.15, 0.2) is 0 Å². The lowest BCUT2D eigenvalue weighted by molar-refractivity contribution is -0.124. The monoisotopic (exact) mass is 231 g/mol. The van der Waals surface area contributed by atoms with Crippen molar-refractivity contribution in [1.82, 2.24) is 10.3 Å². The van der Waals surface area contributed by atoms with Crippen LogP contribution in [-0.4, -0.2) is 10.9 Å². The van der Waals surface area contributed by atoms with Crippen LogP contribution in [0.4, 0.5) is 0 Å². The third-order valence-corrected chi connectivity index (χ3v) is 2.61. The van der Waals surface area contributed by atoms with Crippen LogP contribution < -0.4 is 5.32 Å². The topological polar surface area (TPSA) is 65.8 Å². The summed E-state index contributed by atoms with van der Waals surface area (Å²) >= 11 is 0. The molecule has 1 N–H and O–H groups in total. The zero-order chi connectivity index (χ0) is 12.7. The molecule has 0 aliphatic rings. The number of carbonyl (C=O) groups is 1. The minimum atomic E-state index is -0.552. The Morgan fingerprint density at radius 3 is 2.71 bits per heavy atom. The Morgan fingerprint density at radius 2 is 2.18 bits per heavy atom. The summed E-state index contributed by atoms with van der Waals surface area (Å²) in [5.41, 5.74) is 0.988. The molecule has 0 saturated heterocycles. The molecule has 0 spiro atoms. The molecule has 17 heavy (non-hydrogen) atoms. The van der Waals surface area contributed by atoms with E-state index in [9.17, 15) is 4.79 Å². The first-order valence-electron chi connectivity index (χ1n) is 5.79. The SMILES string of the molecule is CCCC(C#N)C(=O)NC(C)c1ccncc1. The molecule has 0 fully saturated rings. The molecule has 1 aromatic rings. The molecular formula is C13H17N3O. The van der Waals surface area contributed by atoms with Gasteiger partial charge in [-0.15, -0.1) is 0 Å². The average Bonchev–Trinajstić information content (AvgIpc) is 2.36. The third-order valence-electron chi connectivity index (χ3n) is 2.61. The maximum Gasteiger partial charge on any atom is 0.237 e. The number of nitrogens with zero attached hydrogens (tertiary/aromatic N) is 2. The summed E-state index contributed by atoms with van der Waals surface area (Å²) in [5.74, 6) is -0.747. The number of aromatic nitrogens is 1. The minimum Gasteiger partial charge on any atom is -0.348 e. The summed E-state index contributed by atoms with van der Waals surface area (Å²) in [6.45, 7) is 3.86. The largest absolute Gasteiger partial charge is 0.348 e. The quantitative estimate of drug-likeness (QED) is 0.844. The zero-order valence-corrected chi connectivity index (χ0v) is 10.2. The molecule has 2 unspecified atom stereocenters. The van der Waals surface area contributed by atoms with Gasteiger partial charge in [0.05, 0.1) is 12.1 Å². The van der Waals surface area contributed by atoms with E-state index >= 15 is 0 Å². The van der Waals surface area contributed by atoms with E-state index in [0.717, 1.165) is 12.0 Å². The highest BCUT2D eigenvalue weighted by atomic mass is 16.1. The van der Waals surface area contributed by atoms with Gasteiger partial charge in [-0.2, -0.15) is 5.26 Å². The summed E-state index contributed by atoms with van der Waals surface area (Å²) in [6.07, 6.45) is 4.80. The van der Waals surface area contributed by atoms with Gasteiger partial charge in [-0.25, -0.2) is 0 Å². The van der Waals surface area contributed by atoms with E-state index in [-0.39, 0.29) is 11.9 Å². The van der Waals surface area contributed by atoms with E-state index < -0.39 is 5.92 Å². The van der Waals surface area contributed by atoms with Crippen molar-refractivity contribution in [2.75, 3.05) is 0 Å². The number of carbonyl (C=O) groups excluding carboxylic acids is 1. The molecule has 0 radical (unpaired) electrons. The van der Waals surface area contributed by atoms with Crippen LogP contribution >= 0.6 is 0 Å². The van der Waals surface area contributed by atoms with Crippen LogP contribution in [0.2, 0.25) is 0 Å². The highest BCUT2D eigenvalue weighted by molar-refractivity contribution is 5.81. The van der Waals surface area contributed by atoms with Crippen LogP contribution in [0.1, 0.15) is 38.3 Å². The van der Waals surface area contributed by atoms with Crippen LogP contribution in [0, 0.1) is 17.2 Å². The van der Waals surface area contributed by atoms with E-state index in [1.807, 2.05) is 32.0 Å². The van der Waals surface area contributed by atoms with E-state index in [2.05, 4.69) is 10.3 Å². The van der Waals surface area contributed by atoms with Gasteiger partial charge in [0.25, 0.3) is 0 Å². The van der Waals surface area contributed by atoms with E-state index in [1.165, 1.54) is 0 Å². The molecule has 1 rings (SSSR count). The molecule has 4 heteroatoms. The van der Waals surface area contributed by atoms with Crippen molar-refractivity contribution in [3.8, 4) is 6.07 Å². The van der Waals surface area contributed by atoms with Crippen molar-refractivity contribution in [1.29, 1.82) is 5.26 Å². The van der Waals surface area contributed by atoms with Gasteiger partial charge in [0.1, 0.15) is 5.92 Å². The second-order valence-electron chi connectivity index (χ2n) is 3.98. The van der Waals surface area contributed by atoms with E-state index in [0.29, 0.717) is 6.42 Å². The molecule has 1 aromatic heterocycles. The van der Waals surface area contributed by atoms with Crippen LogP contribution in [0.25, 0.3) is 0 Å². The van der Waals surface area contributed by atoms with Gasteiger partial charge < -0.3 is 5.32 Å². The summed E-state index contributed by atoms with van der Waals surface area (Å²) in [5, 5.41) is 11.7. The summed E-state index contributed by atoms with van der Waals surface area (Å²) in [6, 6.07) is 5.64.